The molecule has 2 atom stereocenters. The minimum atomic E-state index is 0.839. The van der Waals surface area contributed by atoms with E-state index in [1.54, 1.807) is 0 Å². The second-order valence-corrected chi connectivity index (χ2v) is 3.88. The van der Waals surface area contributed by atoms with Crippen LogP contribution in [-0.4, -0.2) is 0 Å². The predicted octanol–water partition coefficient (Wildman–Crippen LogP) is 3.51. The fourth-order valence-electron chi connectivity index (χ4n) is 2.25. The van der Waals surface area contributed by atoms with Crippen LogP contribution in [0.5, 0.6) is 0 Å². The van der Waals surface area contributed by atoms with E-state index in [1.165, 1.54) is 32.1 Å². The van der Waals surface area contributed by atoms with Crippen LogP contribution < -0.4 is 0 Å². The van der Waals surface area contributed by atoms with Gasteiger partial charge in [0.15, 0.2) is 0 Å². The Bertz CT molecular complexity index is 166. The van der Waals surface area contributed by atoms with E-state index in [9.17, 15) is 0 Å². The van der Waals surface area contributed by atoms with Gasteiger partial charge in [-0.3, -0.25) is 0 Å². The number of hydrogen-bond donors (Lipinski definition) is 0. The Morgan fingerprint density at radius 1 is 0.917 bits per heavy atom. The summed E-state index contributed by atoms with van der Waals surface area (Å²) >= 11 is 0. The molecule has 0 aromatic rings. The molecule has 0 aliphatic heterocycles. The largest absolute Gasteiger partial charge is 0.0882 e. The highest BCUT2D eigenvalue weighted by Gasteiger charge is 2.19. The Labute approximate surface area is 75.4 Å². The molecule has 0 nitrogen and oxygen atoms in total. The summed E-state index contributed by atoms with van der Waals surface area (Å²) in [5.74, 6) is 1.69. The third-order valence-corrected chi connectivity index (χ3v) is 3.00. The topological polar surface area (TPSA) is 0 Å². The van der Waals surface area contributed by atoms with E-state index in [2.05, 4.69) is 30.7 Å². The summed E-state index contributed by atoms with van der Waals surface area (Å²) in [6, 6.07) is 0. The fourth-order valence-corrected chi connectivity index (χ4v) is 2.25. The zero-order valence-electron chi connectivity index (χ0n) is 7.58. The van der Waals surface area contributed by atoms with Crippen LogP contribution in [-0.2, 0) is 0 Å². The monoisotopic (exact) mass is 161 g/mol. The van der Waals surface area contributed by atoms with Gasteiger partial charge in [0.25, 0.3) is 0 Å². The molecule has 2 unspecified atom stereocenters. The molecule has 0 fully saturated rings. The Morgan fingerprint density at radius 3 is 2.50 bits per heavy atom. The molecule has 0 aromatic carbocycles. The molecule has 0 heteroatoms. The van der Waals surface area contributed by atoms with Gasteiger partial charge in [-0.25, -0.2) is 0 Å². The van der Waals surface area contributed by atoms with Crippen molar-refractivity contribution >= 4 is 0 Å². The Kier molecular flexibility index (Phi) is 2.65. The lowest BCUT2D eigenvalue weighted by atomic mass is 9.79. The molecule has 12 heavy (non-hydrogen) atoms. The highest BCUT2D eigenvalue weighted by molar-refractivity contribution is 5.08. The minimum absolute atomic E-state index is 0.839. The lowest BCUT2D eigenvalue weighted by Crippen LogP contribution is -2.14. The predicted molar refractivity (Wildman–Crippen MR) is 52.6 cm³/mol. The van der Waals surface area contributed by atoms with Crippen LogP contribution in [0, 0.1) is 18.3 Å². The van der Waals surface area contributed by atoms with Crippen LogP contribution in [0.25, 0.3) is 0 Å². The van der Waals surface area contributed by atoms with Gasteiger partial charge < -0.3 is 0 Å². The molecule has 0 amide bonds. The van der Waals surface area contributed by atoms with E-state index in [0.29, 0.717) is 0 Å². The van der Waals surface area contributed by atoms with Crippen LogP contribution in [0.15, 0.2) is 24.3 Å². The third kappa shape index (κ3) is 1.80. The molecule has 0 aromatic heterocycles. The second-order valence-electron chi connectivity index (χ2n) is 3.88. The van der Waals surface area contributed by atoms with Crippen molar-refractivity contribution in [2.45, 2.75) is 32.1 Å². The summed E-state index contributed by atoms with van der Waals surface area (Å²) in [7, 11) is 0. The first kappa shape index (κ1) is 8.10. The molecule has 0 heterocycles. The lowest BCUT2D eigenvalue weighted by molar-refractivity contribution is 0.393. The average Bonchev–Trinajstić information content (AvgIpc) is 2.21. The Balaban J connectivity index is 1.97. The van der Waals surface area contributed by atoms with Crippen molar-refractivity contribution in [1.82, 2.24) is 0 Å². The minimum Gasteiger partial charge on any atom is -0.0882 e. The maximum absolute atomic E-state index is 2.43. The third-order valence-electron chi connectivity index (χ3n) is 3.00. The molecule has 2 rings (SSSR count). The molecule has 1 radical (unpaired) electrons. The van der Waals surface area contributed by atoms with Crippen molar-refractivity contribution in [3.05, 3.63) is 30.7 Å². The zero-order valence-corrected chi connectivity index (χ0v) is 7.58. The van der Waals surface area contributed by atoms with Crippen LogP contribution in [0.3, 0.4) is 0 Å². The first-order valence-electron chi connectivity index (χ1n) is 5.13. The van der Waals surface area contributed by atoms with Gasteiger partial charge in [0.2, 0.25) is 0 Å². The van der Waals surface area contributed by atoms with Crippen molar-refractivity contribution in [3.63, 3.8) is 0 Å². The van der Waals surface area contributed by atoms with Crippen molar-refractivity contribution < 1.29 is 0 Å². The summed E-state index contributed by atoms with van der Waals surface area (Å²) < 4.78 is 0. The van der Waals surface area contributed by atoms with E-state index in [0.717, 1.165) is 11.8 Å². The number of hydrogen-bond acceptors (Lipinski definition) is 0. The van der Waals surface area contributed by atoms with Gasteiger partial charge in [0, 0.05) is 0 Å². The van der Waals surface area contributed by atoms with Crippen LogP contribution in [0.4, 0.5) is 0 Å². The highest BCUT2D eigenvalue weighted by Crippen LogP contribution is 2.31. The maximum atomic E-state index is 2.43. The first-order valence-corrected chi connectivity index (χ1v) is 5.13. The van der Waals surface area contributed by atoms with E-state index in [-0.39, 0.29) is 0 Å². The molecule has 0 saturated heterocycles. The molecule has 2 aliphatic rings. The van der Waals surface area contributed by atoms with Gasteiger partial charge in [-0.2, -0.15) is 0 Å². The second kappa shape index (κ2) is 3.93. The van der Waals surface area contributed by atoms with E-state index >= 15 is 0 Å². The molecule has 2 aliphatic carbocycles. The normalized spacial score (nSPS) is 35.3. The molecule has 0 bridgehead atoms. The number of rotatable bonds is 1. The highest BCUT2D eigenvalue weighted by atomic mass is 14.2. The van der Waals surface area contributed by atoms with Crippen LogP contribution in [0.2, 0.25) is 0 Å². The average molecular weight is 161 g/mol. The summed E-state index contributed by atoms with van der Waals surface area (Å²) in [4.78, 5) is 0. The van der Waals surface area contributed by atoms with Gasteiger partial charge in [-0.05, 0) is 50.4 Å². The van der Waals surface area contributed by atoms with Gasteiger partial charge in [0.05, 0.1) is 0 Å². The van der Waals surface area contributed by atoms with Gasteiger partial charge in [-0.15, -0.1) is 0 Å². The number of allylic oxidation sites excluding steroid dienone is 4. The summed E-state index contributed by atoms with van der Waals surface area (Å²) in [5.41, 5.74) is 0. The summed E-state index contributed by atoms with van der Waals surface area (Å²) in [5, 5.41) is 0. The van der Waals surface area contributed by atoms with Crippen molar-refractivity contribution in [2.24, 2.45) is 11.8 Å². The van der Waals surface area contributed by atoms with Gasteiger partial charge in [0.1, 0.15) is 0 Å². The smallest absolute Gasteiger partial charge is 0.0170 e. The molecule has 0 spiro atoms. The van der Waals surface area contributed by atoms with Gasteiger partial charge in [-0.1, -0.05) is 24.3 Å². The van der Waals surface area contributed by atoms with Crippen LogP contribution in [0.1, 0.15) is 32.1 Å². The standard InChI is InChI=1S/C12H17/c1-3-7-11(8-4-1)12-9-5-2-6-10-12/h1,3,5,7,9,11-12H,2,4,6,8,10H2. The van der Waals surface area contributed by atoms with Crippen molar-refractivity contribution in [3.8, 4) is 0 Å². The van der Waals surface area contributed by atoms with Crippen molar-refractivity contribution in [2.75, 3.05) is 0 Å². The summed E-state index contributed by atoms with van der Waals surface area (Å²) in [6.45, 7) is 0. The van der Waals surface area contributed by atoms with E-state index in [4.69, 9.17) is 0 Å². The van der Waals surface area contributed by atoms with Gasteiger partial charge >= 0.3 is 0 Å². The van der Waals surface area contributed by atoms with E-state index in [1.807, 2.05) is 0 Å². The maximum Gasteiger partial charge on any atom is -0.0170 e. The first-order chi connectivity index (χ1) is 5.97. The SMILES string of the molecule is [CH]1C=CC(C2C=CCCC2)CC1. The Morgan fingerprint density at radius 2 is 1.83 bits per heavy atom. The lowest BCUT2D eigenvalue weighted by Gasteiger charge is -2.26. The summed E-state index contributed by atoms with van der Waals surface area (Å²) in [6.07, 6.45) is 18.5. The molecule has 65 valence electrons. The fraction of sp³-hybridized carbons (Fsp3) is 0.583. The van der Waals surface area contributed by atoms with Crippen LogP contribution >= 0.6 is 0 Å². The molecule has 0 saturated carbocycles. The zero-order chi connectivity index (χ0) is 8.23. The molecular formula is C12H17. The molecule has 0 N–H and O–H groups in total. The van der Waals surface area contributed by atoms with Crippen molar-refractivity contribution in [1.29, 1.82) is 0 Å². The quantitative estimate of drug-likeness (QED) is 0.516. The Hall–Kier alpha value is -0.520. The van der Waals surface area contributed by atoms with E-state index < -0.39 is 0 Å². The molecular weight excluding hydrogens is 144 g/mol.